The summed E-state index contributed by atoms with van der Waals surface area (Å²) in [5.74, 6) is -0.323. The van der Waals surface area contributed by atoms with E-state index >= 15 is 0 Å². The molecule has 0 radical (unpaired) electrons. The number of benzene rings is 2. The lowest BCUT2D eigenvalue weighted by Gasteiger charge is -2.36. The summed E-state index contributed by atoms with van der Waals surface area (Å²) >= 11 is 0. The first-order valence-electron chi connectivity index (χ1n) is 8.52. The van der Waals surface area contributed by atoms with Crippen LogP contribution >= 0.6 is 0 Å². The van der Waals surface area contributed by atoms with Crippen LogP contribution in [0.3, 0.4) is 0 Å². The van der Waals surface area contributed by atoms with Gasteiger partial charge in [-0.15, -0.1) is 0 Å². The van der Waals surface area contributed by atoms with Gasteiger partial charge in [0, 0.05) is 26.2 Å². The van der Waals surface area contributed by atoms with Gasteiger partial charge in [0.05, 0.1) is 6.07 Å². The SMILES string of the molecule is N#CC(c1ccc(F)cc1)N1CCN(C(=O)OCc2ccccc2)CC1. The number of hydrogen-bond acceptors (Lipinski definition) is 4. The number of carbonyl (C=O) groups excluding carboxylic acids is 1. The molecule has 2 aromatic rings. The minimum absolute atomic E-state index is 0.246. The molecule has 1 unspecified atom stereocenters. The summed E-state index contributed by atoms with van der Waals surface area (Å²) in [6.45, 7) is 2.36. The zero-order valence-electron chi connectivity index (χ0n) is 14.3. The lowest BCUT2D eigenvalue weighted by atomic mass is 10.1. The molecular weight excluding hydrogens is 333 g/mol. The maximum absolute atomic E-state index is 13.1. The van der Waals surface area contributed by atoms with Crippen molar-refractivity contribution in [2.45, 2.75) is 12.6 Å². The molecular formula is C20H20FN3O2. The Morgan fingerprint density at radius 2 is 1.73 bits per heavy atom. The van der Waals surface area contributed by atoms with E-state index in [1.165, 1.54) is 12.1 Å². The summed E-state index contributed by atoms with van der Waals surface area (Å²) in [6, 6.07) is 17.3. The lowest BCUT2D eigenvalue weighted by Crippen LogP contribution is -2.49. The van der Waals surface area contributed by atoms with Gasteiger partial charge in [0.15, 0.2) is 0 Å². The minimum atomic E-state index is -0.446. The van der Waals surface area contributed by atoms with Gasteiger partial charge in [-0.05, 0) is 23.3 Å². The summed E-state index contributed by atoms with van der Waals surface area (Å²) in [7, 11) is 0. The number of rotatable bonds is 4. The maximum atomic E-state index is 13.1. The third-order valence-electron chi connectivity index (χ3n) is 4.45. The van der Waals surface area contributed by atoms with Gasteiger partial charge in [-0.25, -0.2) is 9.18 Å². The molecule has 3 rings (SSSR count). The van der Waals surface area contributed by atoms with Gasteiger partial charge < -0.3 is 9.64 Å². The van der Waals surface area contributed by atoms with Crippen molar-refractivity contribution in [3.8, 4) is 6.07 Å². The smallest absolute Gasteiger partial charge is 0.410 e. The summed E-state index contributed by atoms with van der Waals surface area (Å²) in [4.78, 5) is 15.8. The van der Waals surface area contributed by atoms with Crippen molar-refractivity contribution in [1.82, 2.24) is 9.80 Å². The Morgan fingerprint density at radius 3 is 2.35 bits per heavy atom. The topological polar surface area (TPSA) is 56.6 Å². The molecule has 0 saturated carbocycles. The number of halogens is 1. The highest BCUT2D eigenvalue weighted by atomic mass is 19.1. The summed E-state index contributed by atoms with van der Waals surface area (Å²) in [5, 5.41) is 9.50. The molecule has 1 heterocycles. The predicted octanol–water partition coefficient (Wildman–Crippen LogP) is 3.34. The Bertz CT molecular complexity index is 766. The average molecular weight is 353 g/mol. The van der Waals surface area contributed by atoms with Gasteiger partial charge >= 0.3 is 6.09 Å². The molecule has 1 aliphatic rings. The van der Waals surface area contributed by atoms with Crippen LogP contribution in [-0.4, -0.2) is 42.1 Å². The fraction of sp³-hybridized carbons (Fsp3) is 0.300. The summed E-state index contributed by atoms with van der Waals surface area (Å²) in [5.41, 5.74) is 1.70. The standard InChI is InChI=1S/C20H20FN3O2/c21-18-8-6-17(7-9-18)19(14-22)23-10-12-24(13-11-23)20(25)26-15-16-4-2-1-3-5-16/h1-9,19H,10-13,15H2. The molecule has 1 aliphatic heterocycles. The third-order valence-corrected chi connectivity index (χ3v) is 4.45. The highest BCUT2D eigenvalue weighted by Crippen LogP contribution is 2.22. The van der Waals surface area contributed by atoms with Crippen LogP contribution in [0.5, 0.6) is 0 Å². The van der Waals surface area contributed by atoms with E-state index in [0.717, 1.165) is 11.1 Å². The Labute approximate surface area is 152 Å². The van der Waals surface area contributed by atoms with Crippen molar-refractivity contribution in [2.24, 2.45) is 0 Å². The van der Waals surface area contributed by atoms with Crippen molar-refractivity contribution in [3.63, 3.8) is 0 Å². The van der Waals surface area contributed by atoms with Crippen LogP contribution in [0.25, 0.3) is 0 Å². The molecule has 1 atom stereocenters. The molecule has 1 saturated heterocycles. The van der Waals surface area contributed by atoms with Crippen LogP contribution in [0.4, 0.5) is 9.18 Å². The number of hydrogen-bond donors (Lipinski definition) is 0. The van der Waals surface area contributed by atoms with Crippen LogP contribution in [-0.2, 0) is 11.3 Å². The van der Waals surface area contributed by atoms with Crippen molar-refractivity contribution in [2.75, 3.05) is 26.2 Å². The molecule has 134 valence electrons. The zero-order chi connectivity index (χ0) is 18.4. The number of ether oxygens (including phenoxy) is 1. The monoisotopic (exact) mass is 353 g/mol. The first-order chi connectivity index (χ1) is 12.7. The Kier molecular flexibility index (Phi) is 5.82. The van der Waals surface area contributed by atoms with Crippen molar-refractivity contribution >= 4 is 6.09 Å². The molecule has 1 amide bonds. The lowest BCUT2D eigenvalue weighted by molar-refractivity contribution is 0.0661. The van der Waals surface area contributed by atoms with Crippen molar-refractivity contribution in [3.05, 3.63) is 71.5 Å². The van der Waals surface area contributed by atoms with Crippen LogP contribution in [0.1, 0.15) is 17.2 Å². The Balaban J connectivity index is 1.52. The quantitative estimate of drug-likeness (QED) is 0.846. The second kappa shape index (κ2) is 8.45. The predicted molar refractivity (Wildman–Crippen MR) is 94.5 cm³/mol. The van der Waals surface area contributed by atoms with Gasteiger partial charge in [0.1, 0.15) is 18.5 Å². The minimum Gasteiger partial charge on any atom is -0.445 e. The number of nitriles is 1. The van der Waals surface area contributed by atoms with Gasteiger partial charge in [-0.2, -0.15) is 5.26 Å². The molecule has 0 aliphatic carbocycles. The first-order valence-corrected chi connectivity index (χ1v) is 8.52. The van der Waals surface area contributed by atoms with Crippen LogP contribution in [0.15, 0.2) is 54.6 Å². The third kappa shape index (κ3) is 4.38. The number of amides is 1. The number of piperazine rings is 1. The molecule has 0 bridgehead atoms. The fourth-order valence-electron chi connectivity index (χ4n) is 2.99. The van der Waals surface area contributed by atoms with E-state index in [1.54, 1.807) is 17.0 Å². The molecule has 1 fully saturated rings. The first kappa shape index (κ1) is 17.9. The Morgan fingerprint density at radius 1 is 1.08 bits per heavy atom. The van der Waals surface area contributed by atoms with E-state index in [0.29, 0.717) is 26.2 Å². The van der Waals surface area contributed by atoms with Crippen LogP contribution in [0.2, 0.25) is 0 Å². The molecule has 0 spiro atoms. The second-order valence-corrected chi connectivity index (χ2v) is 6.15. The number of carbonyl (C=O) groups is 1. The summed E-state index contributed by atoms with van der Waals surface area (Å²) < 4.78 is 18.4. The van der Waals surface area contributed by atoms with Gasteiger partial charge in [0.2, 0.25) is 0 Å². The highest BCUT2D eigenvalue weighted by molar-refractivity contribution is 5.67. The van der Waals surface area contributed by atoms with E-state index in [-0.39, 0.29) is 18.5 Å². The molecule has 0 aromatic heterocycles. The summed E-state index contributed by atoms with van der Waals surface area (Å²) in [6.07, 6.45) is -0.344. The van der Waals surface area contributed by atoms with Gasteiger partial charge in [-0.1, -0.05) is 42.5 Å². The van der Waals surface area contributed by atoms with Crippen molar-refractivity contribution < 1.29 is 13.9 Å². The molecule has 6 heteroatoms. The number of nitrogens with zero attached hydrogens (tertiary/aromatic N) is 3. The van der Waals surface area contributed by atoms with E-state index < -0.39 is 6.04 Å². The van der Waals surface area contributed by atoms with E-state index in [1.807, 2.05) is 35.2 Å². The molecule has 2 aromatic carbocycles. The molecule has 5 nitrogen and oxygen atoms in total. The largest absolute Gasteiger partial charge is 0.445 e. The fourth-order valence-corrected chi connectivity index (χ4v) is 2.99. The maximum Gasteiger partial charge on any atom is 0.410 e. The van der Waals surface area contributed by atoms with Crippen LogP contribution < -0.4 is 0 Å². The second-order valence-electron chi connectivity index (χ2n) is 6.15. The zero-order valence-corrected chi connectivity index (χ0v) is 14.3. The Hall–Kier alpha value is -2.91. The van der Waals surface area contributed by atoms with Crippen LogP contribution in [0, 0.1) is 17.1 Å². The van der Waals surface area contributed by atoms with Gasteiger partial charge in [0.25, 0.3) is 0 Å². The highest BCUT2D eigenvalue weighted by Gasteiger charge is 2.27. The van der Waals surface area contributed by atoms with E-state index in [9.17, 15) is 14.4 Å². The van der Waals surface area contributed by atoms with Crippen molar-refractivity contribution in [1.29, 1.82) is 5.26 Å². The normalized spacial score (nSPS) is 15.9. The molecule has 26 heavy (non-hydrogen) atoms. The van der Waals surface area contributed by atoms with Gasteiger partial charge in [-0.3, -0.25) is 4.90 Å². The molecule has 0 N–H and O–H groups in total. The van der Waals surface area contributed by atoms with E-state index in [4.69, 9.17) is 4.74 Å². The average Bonchev–Trinajstić information content (AvgIpc) is 2.69. The van der Waals surface area contributed by atoms with E-state index in [2.05, 4.69) is 6.07 Å².